The molecule has 0 spiro atoms. The number of para-hydroxylation sites is 1. The molecule has 0 bridgehead atoms. The van der Waals surface area contributed by atoms with Crippen molar-refractivity contribution in [3.63, 3.8) is 0 Å². The van der Waals surface area contributed by atoms with Crippen LogP contribution in [0.25, 0.3) is 0 Å². The van der Waals surface area contributed by atoms with Crippen LogP contribution in [0.4, 0.5) is 11.4 Å². The average Bonchev–Trinajstić information content (AvgIpc) is 2.62. The number of rotatable bonds is 3. The molecule has 8 heteroatoms. The highest BCUT2D eigenvalue weighted by molar-refractivity contribution is 6.30. The number of morpholine rings is 1. The summed E-state index contributed by atoms with van der Waals surface area (Å²) in [5.74, 6) is -0.344. The molecule has 25 heavy (non-hydrogen) atoms. The van der Waals surface area contributed by atoms with Crippen molar-refractivity contribution in [1.29, 1.82) is 0 Å². The maximum atomic E-state index is 12.8. The van der Waals surface area contributed by atoms with Crippen LogP contribution in [-0.2, 0) is 4.74 Å². The van der Waals surface area contributed by atoms with Gasteiger partial charge >= 0.3 is 0 Å². The van der Waals surface area contributed by atoms with Crippen molar-refractivity contribution in [2.24, 2.45) is 0 Å². The monoisotopic (exact) mass is 361 g/mol. The first-order valence-corrected chi connectivity index (χ1v) is 8.04. The number of nitrogen functional groups attached to an aromatic ring is 1. The number of benzene rings is 2. The van der Waals surface area contributed by atoms with Gasteiger partial charge in [-0.2, -0.15) is 0 Å². The van der Waals surface area contributed by atoms with Gasteiger partial charge in [0.1, 0.15) is 11.8 Å². The summed E-state index contributed by atoms with van der Waals surface area (Å²) in [6.07, 6.45) is -0.283. The van der Waals surface area contributed by atoms with Gasteiger partial charge in [-0.15, -0.1) is 0 Å². The fourth-order valence-corrected chi connectivity index (χ4v) is 2.91. The predicted octanol–water partition coefficient (Wildman–Crippen LogP) is 3.04. The summed E-state index contributed by atoms with van der Waals surface area (Å²) >= 11 is 5.89. The lowest BCUT2D eigenvalue weighted by molar-refractivity contribution is -0.383. The predicted molar refractivity (Wildman–Crippen MR) is 93.6 cm³/mol. The van der Waals surface area contributed by atoms with Crippen LogP contribution >= 0.6 is 11.6 Å². The number of halogens is 1. The Morgan fingerprint density at radius 3 is 2.68 bits per heavy atom. The maximum absolute atomic E-state index is 12.8. The minimum atomic E-state index is -0.595. The quantitative estimate of drug-likeness (QED) is 0.514. The number of nitro benzene ring substituents is 1. The molecule has 3 rings (SSSR count). The van der Waals surface area contributed by atoms with E-state index in [1.165, 1.54) is 18.2 Å². The molecule has 0 saturated carbocycles. The van der Waals surface area contributed by atoms with Gasteiger partial charge < -0.3 is 15.4 Å². The van der Waals surface area contributed by atoms with E-state index >= 15 is 0 Å². The zero-order chi connectivity index (χ0) is 18.0. The van der Waals surface area contributed by atoms with E-state index in [0.29, 0.717) is 24.7 Å². The summed E-state index contributed by atoms with van der Waals surface area (Å²) < 4.78 is 5.74. The molecule has 1 fully saturated rings. The SMILES string of the molecule is Nc1c(C(=O)N2CCO[C@H](c3ccc(Cl)cc3)C2)cccc1[N+](=O)[O-]. The van der Waals surface area contributed by atoms with Crippen LogP contribution in [0.15, 0.2) is 42.5 Å². The van der Waals surface area contributed by atoms with E-state index in [2.05, 4.69) is 0 Å². The summed E-state index contributed by atoms with van der Waals surface area (Å²) in [5.41, 5.74) is 6.47. The van der Waals surface area contributed by atoms with Gasteiger partial charge in [0.05, 0.1) is 23.6 Å². The lowest BCUT2D eigenvalue weighted by Gasteiger charge is -2.33. The van der Waals surface area contributed by atoms with E-state index in [9.17, 15) is 14.9 Å². The number of anilines is 1. The van der Waals surface area contributed by atoms with Gasteiger partial charge in [0, 0.05) is 17.6 Å². The van der Waals surface area contributed by atoms with Crippen molar-refractivity contribution in [2.45, 2.75) is 6.10 Å². The molecule has 130 valence electrons. The number of nitrogens with zero attached hydrogens (tertiary/aromatic N) is 2. The van der Waals surface area contributed by atoms with Crippen LogP contribution in [0.3, 0.4) is 0 Å². The second-order valence-corrected chi connectivity index (χ2v) is 6.09. The van der Waals surface area contributed by atoms with Crippen molar-refractivity contribution in [3.05, 3.63) is 68.7 Å². The summed E-state index contributed by atoms with van der Waals surface area (Å²) in [5, 5.41) is 11.6. The summed E-state index contributed by atoms with van der Waals surface area (Å²) in [6, 6.07) is 11.5. The molecule has 1 aliphatic rings. The Hall–Kier alpha value is -2.64. The molecule has 2 N–H and O–H groups in total. The Labute approximate surface area is 149 Å². The fourth-order valence-electron chi connectivity index (χ4n) is 2.78. The number of carbonyl (C=O) groups is 1. The first kappa shape index (κ1) is 17.2. The Morgan fingerprint density at radius 1 is 1.28 bits per heavy atom. The van der Waals surface area contributed by atoms with Crippen molar-refractivity contribution in [2.75, 3.05) is 25.4 Å². The van der Waals surface area contributed by atoms with Gasteiger partial charge in [-0.3, -0.25) is 14.9 Å². The number of nitro groups is 1. The second kappa shape index (κ2) is 7.08. The molecular formula is C17H16ClN3O4. The van der Waals surface area contributed by atoms with E-state index in [4.69, 9.17) is 22.1 Å². The van der Waals surface area contributed by atoms with Crippen molar-refractivity contribution in [1.82, 2.24) is 4.90 Å². The molecule has 0 aromatic heterocycles. The average molecular weight is 362 g/mol. The Morgan fingerprint density at radius 2 is 2.00 bits per heavy atom. The molecule has 1 atom stereocenters. The van der Waals surface area contributed by atoms with Gasteiger partial charge in [0.2, 0.25) is 0 Å². The first-order chi connectivity index (χ1) is 12.0. The van der Waals surface area contributed by atoms with Gasteiger partial charge in [-0.1, -0.05) is 29.8 Å². The topological polar surface area (TPSA) is 98.7 Å². The van der Waals surface area contributed by atoms with Crippen molar-refractivity contribution >= 4 is 28.9 Å². The Balaban J connectivity index is 1.82. The molecule has 1 aliphatic heterocycles. The highest BCUT2D eigenvalue weighted by Gasteiger charge is 2.28. The number of hydrogen-bond donors (Lipinski definition) is 1. The molecule has 2 aromatic rings. The minimum Gasteiger partial charge on any atom is -0.393 e. The number of ether oxygens (including phenoxy) is 1. The van der Waals surface area contributed by atoms with Gasteiger partial charge in [0.25, 0.3) is 11.6 Å². The molecule has 0 radical (unpaired) electrons. The van der Waals surface area contributed by atoms with Crippen LogP contribution in [0, 0.1) is 10.1 Å². The van der Waals surface area contributed by atoms with E-state index < -0.39 is 4.92 Å². The van der Waals surface area contributed by atoms with Gasteiger partial charge in [-0.05, 0) is 23.8 Å². The zero-order valence-corrected chi connectivity index (χ0v) is 14.0. The third-order valence-corrected chi connectivity index (χ3v) is 4.36. The zero-order valence-electron chi connectivity index (χ0n) is 13.2. The number of hydrogen-bond acceptors (Lipinski definition) is 5. The fraction of sp³-hybridized carbons (Fsp3) is 0.235. The Bertz CT molecular complexity index is 810. The molecule has 1 heterocycles. The molecule has 0 aliphatic carbocycles. The normalized spacial score (nSPS) is 17.3. The van der Waals surface area contributed by atoms with Crippen molar-refractivity contribution in [3.8, 4) is 0 Å². The highest BCUT2D eigenvalue weighted by Crippen LogP contribution is 2.28. The van der Waals surface area contributed by atoms with Crippen LogP contribution in [-0.4, -0.2) is 35.4 Å². The molecule has 1 amide bonds. The number of carbonyl (C=O) groups excluding carboxylic acids is 1. The summed E-state index contributed by atoms with van der Waals surface area (Å²) in [6.45, 7) is 1.10. The number of nitrogens with two attached hydrogens (primary N) is 1. The van der Waals surface area contributed by atoms with Crippen molar-refractivity contribution < 1.29 is 14.5 Å². The van der Waals surface area contributed by atoms with E-state index in [1.807, 2.05) is 12.1 Å². The third kappa shape index (κ3) is 3.57. The van der Waals surface area contributed by atoms with Crippen LogP contribution < -0.4 is 5.73 Å². The lowest BCUT2D eigenvalue weighted by Crippen LogP contribution is -2.42. The largest absolute Gasteiger partial charge is 0.393 e. The minimum absolute atomic E-state index is 0.118. The smallest absolute Gasteiger partial charge is 0.292 e. The molecule has 1 saturated heterocycles. The Kier molecular flexibility index (Phi) is 4.87. The molecule has 7 nitrogen and oxygen atoms in total. The highest BCUT2D eigenvalue weighted by atomic mass is 35.5. The number of amides is 1. The standard InChI is InChI=1S/C17H16ClN3O4/c18-12-6-4-11(5-7-12)15-10-20(8-9-25-15)17(22)13-2-1-3-14(16(13)19)21(23)24/h1-7,15H,8-10,19H2/t15-/m0/s1. The van der Waals surface area contributed by atoms with Gasteiger partial charge in [0.15, 0.2) is 0 Å². The first-order valence-electron chi connectivity index (χ1n) is 7.66. The molecular weight excluding hydrogens is 346 g/mol. The van der Waals surface area contributed by atoms with E-state index in [-0.39, 0.29) is 28.9 Å². The summed E-state index contributed by atoms with van der Waals surface area (Å²) in [7, 11) is 0. The van der Waals surface area contributed by atoms with Gasteiger partial charge in [-0.25, -0.2) is 0 Å². The molecule has 2 aromatic carbocycles. The van der Waals surface area contributed by atoms with E-state index in [0.717, 1.165) is 5.56 Å². The molecule has 0 unspecified atom stereocenters. The van der Waals surface area contributed by atoms with E-state index in [1.54, 1.807) is 17.0 Å². The van der Waals surface area contributed by atoms with Crippen LogP contribution in [0.1, 0.15) is 22.0 Å². The third-order valence-electron chi connectivity index (χ3n) is 4.11. The summed E-state index contributed by atoms with van der Waals surface area (Å²) in [4.78, 5) is 24.8. The maximum Gasteiger partial charge on any atom is 0.292 e. The second-order valence-electron chi connectivity index (χ2n) is 5.66. The van der Waals surface area contributed by atoms with Crippen LogP contribution in [0.2, 0.25) is 5.02 Å². The lowest BCUT2D eigenvalue weighted by atomic mass is 10.1. The van der Waals surface area contributed by atoms with Crippen LogP contribution in [0.5, 0.6) is 0 Å².